The predicted octanol–water partition coefficient (Wildman–Crippen LogP) is -2.43. The zero-order valence-corrected chi connectivity index (χ0v) is 9.67. The van der Waals surface area contributed by atoms with E-state index in [1.165, 1.54) is 12.4 Å². The molecule has 0 aromatic carbocycles. The highest BCUT2D eigenvalue weighted by molar-refractivity contribution is 5.53. The normalized spacial score (nSPS) is 31.1. The van der Waals surface area contributed by atoms with Crippen molar-refractivity contribution in [2.45, 2.75) is 24.4 Å². The summed E-state index contributed by atoms with van der Waals surface area (Å²) in [6, 6.07) is 0. The van der Waals surface area contributed by atoms with Crippen LogP contribution < -0.4 is 5.69 Å². The molecule has 2 aromatic heterocycles. The number of hydrogen-bond acceptors (Lipinski definition) is 7. The van der Waals surface area contributed by atoms with Crippen LogP contribution in [0.5, 0.6) is 0 Å². The highest BCUT2D eigenvalue weighted by atomic mass is 16.6. The van der Waals surface area contributed by atoms with Crippen molar-refractivity contribution in [3.8, 4) is 0 Å². The molecule has 0 unspecified atom stereocenters. The molecule has 1 aliphatic rings. The number of aliphatic hydroxyl groups excluding tert-OH is 3. The van der Waals surface area contributed by atoms with E-state index in [2.05, 4.69) is 15.3 Å². The molecule has 0 bridgehead atoms. The zero-order chi connectivity index (χ0) is 13.6. The molecular weight excluding hydrogens is 256 g/mol. The molecule has 4 atom stereocenters. The lowest BCUT2D eigenvalue weighted by atomic mass is 10.0. The van der Waals surface area contributed by atoms with E-state index in [4.69, 9.17) is 9.84 Å². The minimum atomic E-state index is -1.20. The molecule has 19 heavy (non-hydrogen) atoms. The summed E-state index contributed by atoms with van der Waals surface area (Å²) in [5, 5.41) is 38.4. The van der Waals surface area contributed by atoms with Gasteiger partial charge in [0.2, 0.25) is 0 Å². The number of aromatic amines is 1. The van der Waals surface area contributed by atoms with Crippen molar-refractivity contribution >= 4 is 5.52 Å². The maximum absolute atomic E-state index is 11.5. The highest BCUT2D eigenvalue weighted by Gasteiger charge is 2.44. The van der Waals surface area contributed by atoms with Gasteiger partial charge in [0.25, 0.3) is 0 Å². The van der Waals surface area contributed by atoms with Crippen molar-refractivity contribution in [2.75, 3.05) is 6.61 Å². The lowest BCUT2D eigenvalue weighted by Crippen LogP contribution is -2.32. The Morgan fingerprint density at radius 2 is 2.16 bits per heavy atom. The molecular formula is C10H12N4O5. The summed E-state index contributed by atoms with van der Waals surface area (Å²) in [7, 11) is 0. The molecule has 9 nitrogen and oxygen atoms in total. The van der Waals surface area contributed by atoms with Gasteiger partial charge in [-0.15, -0.1) is 0 Å². The second-order valence-corrected chi connectivity index (χ2v) is 4.33. The quantitative estimate of drug-likeness (QED) is 0.476. The first kappa shape index (κ1) is 12.2. The SMILES string of the molecule is O=c1[nH]ncc2c([C@@H]3O[C@H](CO)[C@H](O)[C@@H]3O)cnn12. The van der Waals surface area contributed by atoms with E-state index in [0.717, 1.165) is 4.52 Å². The molecule has 1 aliphatic heterocycles. The fraction of sp³-hybridized carbons (Fsp3) is 0.500. The van der Waals surface area contributed by atoms with E-state index in [-0.39, 0.29) is 0 Å². The Hall–Kier alpha value is -1.81. The summed E-state index contributed by atoms with van der Waals surface area (Å²) in [6.45, 7) is -0.410. The molecule has 2 aromatic rings. The number of H-pyrrole nitrogens is 1. The average Bonchev–Trinajstić information content (AvgIpc) is 2.94. The molecule has 102 valence electrons. The molecule has 4 N–H and O–H groups in total. The summed E-state index contributed by atoms with van der Waals surface area (Å²) >= 11 is 0. The van der Waals surface area contributed by atoms with E-state index >= 15 is 0 Å². The number of fused-ring (bicyclic) bond motifs is 1. The van der Waals surface area contributed by atoms with Crippen molar-refractivity contribution in [1.29, 1.82) is 0 Å². The van der Waals surface area contributed by atoms with Crippen LogP contribution in [0, 0.1) is 0 Å². The van der Waals surface area contributed by atoms with Crippen molar-refractivity contribution in [2.24, 2.45) is 0 Å². The van der Waals surface area contributed by atoms with Gasteiger partial charge in [-0.05, 0) is 0 Å². The number of aromatic nitrogens is 4. The van der Waals surface area contributed by atoms with Crippen LogP contribution >= 0.6 is 0 Å². The van der Waals surface area contributed by atoms with Crippen LogP contribution in [0.15, 0.2) is 17.2 Å². The molecule has 0 amide bonds. The number of nitrogens with one attached hydrogen (secondary N) is 1. The van der Waals surface area contributed by atoms with E-state index < -0.39 is 36.7 Å². The van der Waals surface area contributed by atoms with Gasteiger partial charge in [-0.25, -0.2) is 9.89 Å². The van der Waals surface area contributed by atoms with Gasteiger partial charge in [0.05, 0.1) is 24.5 Å². The first-order valence-electron chi connectivity index (χ1n) is 5.67. The third kappa shape index (κ3) is 1.75. The van der Waals surface area contributed by atoms with Gasteiger partial charge in [-0.1, -0.05) is 0 Å². The molecule has 0 saturated carbocycles. The van der Waals surface area contributed by atoms with E-state index in [1.807, 2.05) is 0 Å². The van der Waals surface area contributed by atoms with E-state index in [1.54, 1.807) is 0 Å². The third-order valence-electron chi connectivity index (χ3n) is 3.22. The van der Waals surface area contributed by atoms with Crippen LogP contribution in [0.3, 0.4) is 0 Å². The van der Waals surface area contributed by atoms with Crippen LogP contribution in [0.2, 0.25) is 0 Å². The Morgan fingerprint density at radius 1 is 1.37 bits per heavy atom. The molecule has 0 spiro atoms. The molecule has 0 aliphatic carbocycles. The largest absolute Gasteiger partial charge is 0.394 e. The number of ether oxygens (including phenoxy) is 1. The smallest absolute Gasteiger partial charge is 0.363 e. The second kappa shape index (κ2) is 4.38. The number of nitrogens with zero attached hydrogens (tertiary/aromatic N) is 3. The van der Waals surface area contributed by atoms with E-state index in [0.29, 0.717) is 11.1 Å². The molecule has 9 heteroatoms. The van der Waals surface area contributed by atoms with Gasteiger partial charge >= 0.3 is 5.69 Å². The summed E-state index contributed by atoms with van der Waals surface area (Å²) < 4.78 is 6.46. The van der Waals surface area contributed by atoms with Crippen molar-refractivity contribution in [3.63, 3.8) is 0 Å². The first-order chi connectivity index (χ1) is 9.13. The molecule has 1 saturated heterocycles. The van der Waals surface area contributed by atoms with Gasteiger partial charge < -0.3 is 20.1 Å². The number of aliphatic hydroxyl groups is 3. The zero-order valence-electron chi connectivity index (χ0n) is 9.67. The van der Waals surface area contributed by atoms with Gasteiger partial charge in [-0.3, -0.25) is 0 Å². The standard InChI is InChI=1S/C10H12N4O5/c15-3-6-7(16)8(17)9(19-6)4-1-12-14-5(4)2-11-13-10(14)18/h1-2,6-9,15-17H,3H2,(H,13,18)/t6-,7+,8+,9+/m1/s1. The summed E-state index contributed by atoms with van der Waals surface area (Å²) in [6.07, 6.45) is -1.40. The Kier molecular flexibility index (Phi) is 2.82. The first-order valence-corrected chi connectivity index (χ1v) is 5.67. The topological polar surface area (TPSA) is 133 Å². The summed E-state index contributed by atoms with van der Waals surface area (Å²) in [4.78, 5) is 11.5. The fourth-order valence-corrected chi connectivity index (χ4v) is 2.23. The average molecular weight is 268 g/mol. The maximum atomic E-state index is 11.5. The molecule has 1 fully saturated rings. The van der Waals surface area contributed by atoms with Gasteiger partial charge in [0, 0.05) is 5.56 Å². The molecule has 3 rings (SSSR count). The van der Waals surface area contributed by atoms with Gasteiger partial charge in [-0.2, -0.15) is 14.7 Å². The Labute approximate surface area is 106 Å². The van der Waals surface area contributed by atoms with E-state index in [9.17, 15) is 15.0 Å². The third-order valence-corrected chi connectivity index (χ3v) is 3.22. The maximum Gasteiger partial charge on any atom is 0.363 e. The minimum Gasteiger partial charge on any atom is -0.394 e. The Bertz CT molecular complexity index is 653. The lowest BCUT2D eigenvalue weighted by Gasteiger charge is -2.12. The minimum absolute atomic E-state index is 0.374. The fourth-order valence-electron chi connectivity index (χ4n) is 2.23. The van der Waals surface area contributed by atoms with Crippen LogP contribution in [0.1, 0.15) is 11.7 Å². The monoisotopic (exact) mass is 268 g/mol. The van der Waals surface area contributed by atoms with Crippen LogP contribution in [0.25, 0.3) is 5.52 Å². The van der Waals surface area contributed by atoms with Crippen molar-refractivity contribution in [1.82, 2.24) is 19.8 Å². The number of rotatable bonds is 2. The molecule has 0 radical (unpaired) electrons. The van der Waals surface area contributed by atoms with Crippen LogP contribution in [-0.2, 0) is 4.74 Å². The second-order valence-electron chi connectivity index (χ2n) is 4.33. The summed E-state index contributed by atoms with van der Waals surface area (Å²) in [5.41, 5.74) is 0.287. The Morgan fingerprint density at radius 3 is 2.84 bits per heavy atom. The van der Waals surface area contributed by atoms with Crippen LogP contribution in [0.4, 0.5) is 0 Å². The predicted molar refractivity (Wildman–Crippen MR) is 60.3 cm³/mol. The van der Waals surface area contributed by atoms with Gasteiger partial charge in [0.1, 0.15) is 24.4 Å². The summed E-state index contributed by atoms with van der Waals surface area (Å²) in [5.74, 6) is 0. The van der Waals surface area contributed by atoms with Crippen molar-refractivity contribution in [3.05, 3.63) is 28.4 Å². The number of hydrogen-bond donors (Lipinski definition) is 4. The highest BCUT2D eigenvalue weighted by Crippen LogP contribution is 2.34. The Balaban J connectivity index is 2.06. The van der Waals surface area contributed by atoms with Gasteiger partial charge in [0.15, 0.2) is 0 Å². The lowest BCUT2D eigenvalue weighted by molar-refractivity contribution is -0.0223. The molecule has 3 heterocycles. The van der Waals surface area contributed by atoms with Crippen molar-refractivity contribution < 1.29 is 20.1 Å². The van der Waals surface area contributed by atoms with Crippen LogP contribution in [-0.4, -0.2) is 60.0 Å².